The van der Waals surface area contributed by atoms with Crippen molar-refractivity contribution < 1.29 is 37.0 Å². The van der Waals surface area contributed by atoms with Gasteiger partial charge in [-0.15, -0.1) is 0 Å². The molecule has 1 saturated heterocycles. The molecule has 3 heterocycles. The summed E-state index contributed by atoms with van der Waals surface area (Å²) in [7, 11) is 1.41. The van der Waals surface area contributed by atoms with Crippen LogP contribution in [0.3, 0.4) is 0 Å². The molecule has 0 unspecified atom stereocenters. The molecule has 0 bridgehead atoms. The molecule has 2 aromatic rings. The van der Waals surface area contributed by atoms with Crippen LogP contribution in [0.2, 0.25) is 0 Å². The maximum atomic E-state index is 13.5. The molecule has 39 heavy (non-hydrogen) atoms. The van der Waals surface area contributed by atoms with Crippen molar-refractivity contribution in [2.75, 3.05) is 59.6 Å². The molecule has 3 amide bonds. The minimum atomic E-state index is -4.65. The number of rotatable bonds is 4. The summed E-state index contributed by atoms with van der Waals surface area (Å²) in [5, 5.41) is 2.63. The standard InChI is InChI=1S/C25H29F3N6O5/c1-38-15-23(36)33-6-7-34-19(12-33)14-39-21-3-2-18(25(26,27)28)8-20(21)24(37)31-4-5-32(13-22(34)35)11-17-9-29-16-30-10-17/h2-3,8-10,16,19H,4-7,11-15H2,1H3,(H,31,37)/t19-/m0/s1. The van der Waals surface area contributed by atoms with Crippen LogP contribution in [-0.2, 0) is 27.0 Å². The second-order valence-electron chi connectivity index (χ2n) is 9.25. The van der Waals surface area contributed by atoms with Crippen LogP contribution in [0.5, 0.6) is 5.75 Å². The van der Waals surface area contributed by atoms with Gasteiger partial charge in [-0.1, -0.05) is 0 Å². The average Bonchev–Trinajstić information content (AvgIpc) is 2.92. The number of amides is 3. The summed E-state index contributed by atoms with van der Waals surface area (Å²) >= 11 is 0. The third-order valence-corrected chi connectivity index (χ3v) is 6.50. The molecular formula is C25H29F3N6O5. The second kappa shape index (κ2) is 12.4. The summed E-state index contributed by atoms with van der Waals surface area (Å²) in [4.78, 5) is 51.9. The Bertz CT molecular complexity index is 1180. The molecule has 0 spiro atoms. The van der Waals surface area contributed by atoms with E-state index in [4.69, 9.17) is 9.47 Å². The zero-order chi connectivity index (χ0) is 28.0. The number of carbonyl (C=O) groups excluding carboxylic acids is 3. The van der Waals surface area contributed by atoms with Gasteiger partial charge in [0.05, 0.1) is 23.7 Å². The van der Waals surface area contributed by atoms with Gasteiger partial charge in [0.2, 0.25) is 11.8 Å². The first-order valence-corrected chi connectivity index (χ1v) is 12.3. The lowest BCUT2D eigenvalue weighted by atomic mass is 10.1. The van der Waals surface area contributed by atoms with Crippen molar-refractivity contribution in [2.24, 2.45) is 0 Å². The number of hydrogen-bond donors (Lipinski definition) is 1. The van der Waals surface area contributed by atoms with Gasteiger partial charge in [-0.05, 0) is 18.2 Å². The van der Waals surface area contributed by atoms with E-state index in [0.717, 1.165) is 23.8 Å². The van der Waals surface area contributed by atoms with Gasteiger partial charge >= 0.3 is 6.18 Å². The van der Waals surface area contributed by atoms with Crippen molar-refractivity contribution in [1.82, 2.24) is 30.0 Å². The fourth-order valence-corrected chi connectivity index (χ4v) is 4.55. The number of benzene rings is 1. The first-order chi connectivity index (χ1) is 18.7. The van der Waals surface area contributed by atoms with E-state index in [1.165, 1.54) is 13.4 Å². The second-order valence-corrected chi connectivity index (χ2v) is 9.25. The van der Waals surface area contributed by atoms with Crippen LogP contribution in [0.25, 0.3) is 0 Å². The zero-order valence-electron chi connectivity index (χ0n) is 21.3. The maximum absolute atomic E-state index is 13.5. The van der Waals surface area contributed by atoms with Gasteiger partial charge in [-0.3, -0.25) is 19.3 Å². The monoisotopic (exact) mass is 550 g/mol. The number of alkyl halides is 3. The van der Waals surface area contributed by atoms with E-state index in [0.29, 0.717) is 13.1 Å². The van der Waals surface area contributed by atoms with Crippen LogP contribution in [0, 0.1) is 0 Å². The van der Waals surface area contributed by atoms with Gasteiger partial charge in [0.1, 0.15) is 25.3 Å². The van der Waals surface area contributed by atoms with E-state index in [2.05, 4.69) is 15.3 Å². The normalized spacial score (nSPS) is 19.5. The van der Waals surface area contributed by atoms with Crippen molar-refractivity contribution in [3.63, 3.8) is 0 Å². The van der Waals surface area contributed by atoms with Gasteiger partial charge in [0.15, 0.2) is 0 Å². The number of halogens is 3. The lowest BCUT2D eigenvalue weighted by Crippen LogP contribution is -2.60. The fraction of sp³-hybridized carbons (Fsp3) is 0.480. The van der Waals surface area contributed by atoms with Crippen LogP contribution in [0.15, 0.2) is 36.9 Å². The SMILES string of the molecule is COCC(=O)N1CCN2C(=O)CN(Cc3cncnc3)CCNC(=O)c3cc(C(F)(F)F)ccc3OC[C@@H]2C1. The van der Waals surface area contributed by atoms with Gasteiger partial charge in [-0.25, -0.2) is 9.97 Å². The lowest BCUT2D eigenvalue weighted by Gasteiger charge is -2.42. The number of ether oxygens (including phenoxy) is 2. The molecule has 0 aliphatic carbocycles. The summed E-state index contributed by atoms with van der Waals surface area (Å²) in [5.74, 6) is -1.25. The van der Waals surface area contributed by atoms with E-state index >= 15 is 0 Å². The molecule has 1 aromatic carbocycles. The van der Waals surface area contributed by atoms with Gasteiger partial charge in [0, 0.05) is 64.3 Å². The van der Waals surface area contributed by atoms with Gasteiger partial charge in [-0.2, -0.15) is 13.2 Å². The predicted molar refractivity (Wildman–Crippen MR) is 131 cm³/mol. The van der Waals surface area contributed by atoms with Crippen molar-refractivity contribution in [1.29, 1.82) is 0 Å². The molecule has 1 fully saturated rings. The van der Waals surface area contributed by atoms with Crippen LogP contribution in [0.4, 0.5) is 13.2 Å². The topological polar surface area (TPSA) is 117 Å². The van der Waals surface area contributed by atoms with E-state index in [1.807, 2.05) is 0 Å². The minimum absolute atomic E-state index is 0.00154. The Morgan fingerprint density at radius 3 is 2.67 bits per heavy atom. The lowest BCUT2D eigenvalue weighted by molar-refractivity contribution is -0.146. The number of nitrogens with one attached hydrogen (secondary N) is 1. The molecule has 11 nitrogen and oxygen atoms in total. The molecule has 1 N–H and O–H groups in total. The van der Waals surface area contributed by atoms with Gasteiger partial charge in [0.25, 0.3) is 5.91 Å². The number of hydrogen-bond acceptors (Lipinski definition) is 8. The first-order valence-electron chi connectivity index (χ1n) is 12.3. The van der Waals surface area contributed by atoms with Crippen LogP contribution in [-0.4, -0.2) is 108 Å². The molecule has 0 saturated carbocycles. The largest absolute Gasteiger partial charge is 0.491 e. The van der Waals surface area contributed by atoms with Crippen molar-refractivity contribution in [2.45, 2.75) is 18.8 Å². The molecule has 1 atom stereocenters. The van der Waals surface area contributed by atoms with Crippen molar-refractivity contribution in [3.8, 4) is 5.75 Å². The molecule has 210 valence electrons. The smallest absolute Gasteiger partial charge is 0.416 e. The Balaban J connectivity index is 1.64. The zero-order valence-corrected chi connectivity index (χ0v) is 21.3. The number of fused-ring (bicyclic) bond motifs is 2. The summed E-state index contributed by atoms with van der Waals surface area (Å²) < 4.78 is 51.0. The van der Waals surface area contributed by atoms with Crippen molar-refractivity contribution >= 4 is 17.7 Å². The molecule has 14 heteroatoms. The number of aromatic nitrogens is 2. The van der Waals surface area contributed by atoms with Crippen LogP contribution in [0.1, 0.15) is 21.5 Å². The van der Waals surface area contributed by atoms with Crippen molar-refractivity contribution in [3.05, 3.63) is 53.6 Å². The van der Waals surface area contributed by atoms with Crippen LogP contribution < -0.4 is 10.1 Å². The van der Waals surface area contributed by atoms with E-state index in [9.17, 15) is 27.6 Å². The minimum Gasteiger partial charge on any atom is -0.491 e. The molecule has 1 aromatic heterocycles. The first kappa shape index (κ1) is 28.2. The predicted octanol–water partition coefficient (Wildman–Crippen LogP) is 0.806. The molecular weight excluding hydrogens is 521 g/mol. The number of nitrogens with zero attached hydrogens (tertiary/aromatic N) is 5. The van der Waals surface area contributed by atoms with E-state index < -0.39 is 23.7 Å². The molecule has 4 rings (SSSR count). The number of piperazine rings is 1. The Hall–Kier alpha value is -3.78. The summed E-state index contributed by atoms with van der Waals surface area (Å²) in [5.41, 5.74) is -0.509. The van der Waals surface area contributed by atoms with Gasteiger partial charge < -0.3 is 24.6 Å². The van der Waals surface area contributed by atoms with E-state index in [1.54, 1.807) is 27.1 Å². The average molecular weight is 551 g/mol. The highest BCUT2D eigenvalue weighted by Crippen LogP contribution is 2.33. The Labute approximate surface area is 222 Å². The maximum Gasteiger partial charge on any atom is 0.416 e. The highest BCUT2D eigenvalue weighted by molar-refractivity contribution is 5.97. The highest BCUT2D eigenvalue weighted by Gasteiger charge is 2.35. The quantitative estimate of drug-likeness (QED) is 0.595. The summed E-state index contributed by atoms with van der Waals surface area (Å²) in [6, 6.07) is 2.09. The fourth-order valence-electron chi connectivity index (χ4n) is 4.55. The summed E-state index contributed by atoms with van der Waals surface area (Å²) in [6.07, 6.45) is -0.0396. The molecule has 0 radical (unpaired) electrons. The number of carbonyl (C=O) groups is 3. The molecule has 2 aliphatic heterocycles. The Morgan fingerprint density at radius 1 is 1.18 bits per heavy atom. The van der Waals surface area contributed by atoms with E-state index in [-0.39, 0.29) is 69.1 Å². The Kier molecular flexibility index (Phi) is 8.97. The molecule has 2 aliphatic rings. The third kappa shape index (κ3) is 7.20. The van der Waals surface area contributed by atoms with Crippen LogP contribution >= 0.6 is 0 Å². The summed E-state index contributed by atoms with van der Waals surface area (Å²) in [6.45, 7) is 1.02. The Morgan fingerprint density at radius 2 is 1.95 bits per heavy atom. The highest BCUT2D eigenvalue weighted by atomic mass is 19.4. The number of methoxy groups -OCH3 is 1. The third-order valence-electron chi connectivity index (χ3n) is 6.50.